The van der Waals surface area contributed by atoms with Crippen LogP contribution >= 0.6 is 23.1 Å². The van der Waals surface area contributed by atoms with E-state index in [2.05, 4.69) is 28.5 Å². The van der Waals surface area contributed by atoms with Crippen molar-refractivity contribution in [3.05, 3.63) is 23.7 Å². The second-order valence-electron chi connectivity index (χ2n) is 3.74. The number of nitrogens with zero attached hydrogens (tertiary/aromatic N) is 1. The lowest BCUT2D eigenvalue weighted by molar-refractivity contribution is 0.813. The molecule has 0 aliphatic carbocycles. The molecular weight excluding hydrogens is 224 g/mol. The Hall–Kier alpha value is -0.740. The van der Waals surface area contributed by atoms with Crippen LogP contribution in [0.4, 0.5) is 5.69 Å². The number of rotatable bonds is 2. The summed E-state index contributed by atoms with van der Waals surface area (Å²) >= 11 is 3.73. The summed E-state index contributed by atoms with van der Waals surface area (Å²) in [4.78, 5) is 4.33. The van der Waals surface area contributed by atoms with E-state index in [1.54, 1.807) is 11.3 Å². The molecule has 1 fully saturated rings. The number of fused-ring (bicyclic) bond motifs is 1. The predicted octanol–water partition coefficient (Wildman–Crippen LogP) is 3.21. The largest absolute Gasteiger partial charge is 0.381 e. The van der Waals surface area contributed by atoms with Gasteiger partial charge in [-0.05, 0) is 30.4 Å². The van der Waals surface area contributed by atoms with Gasteiger partial charge in [-0.1, -0.05) is 0 Å². The van der Waals surface area contributed by atoms with Crippen LogP contribution in [-0.4, -0.2) is 22.5 Å². The Morgan fingerprint density at radius 2 is 2.40 bits per heavy atom. The molecule has 0 amide bonds. The minimum absolute atomic E-state index is 0.645. The Balaban J connectivity index is 1.84. The lowest BCUT2D eigenvalue weighted by atomic mass is 10.2. The van der Waals surface area contributed by atoms with Crippen molar-refractivity contribution in [3.8, 4) is 0 Å². The van der Waals surface area contributed by atoms with Gasteiger partial charge in [0.1, 0.15) is 0 Å². The van der Waals surface area contributed by atoms with Crippen molar-refractivity contribution in [2.24, 2.45) is 0 Å². The molecule has 1 aromatic carbocycles. The molecule has 0 spiro atoms. The van der Waals surface area contributed by atoms with Crippen LogP contribution < -0.4 is 5.32 Å². The molecule has 78 valence electrons. The highest BCUT2D eigenvalue weighted by molar-refractivity contribution is 7.99. The quantitative estimate of drug-likeness (QED) is 0.866. The molecule has 0 saturated carbocycles. The molecule has 2 nitrogen and oxygen atoms in total. The summed E-state index contributed by atoms with van der Waals surface area (Å²) in [5, 5.41) is 3.57. The predicted molar refractivity (Wildman–Crippen MR) is 69.0 cm³/mol. The first-order valence-corrected chi connectivity index (χ1v) is 7.13. The van der Waals surface area contributed by atoms with E-state index in [0.717, 1.165) is 5.52 Å². The Morgan fingerprint density at radius 1 is 1.40 bits per heavy atom. The van der Waals surface area contributed by atoms with Crippen LogP contribution in [0.5, 0.6) is 0 Å². The van der Waals surface area contributed by atoms with Crippen molar-refractivity contribution >= 4 is 39.0 Å². The molecule has 1 aliphatic heterocycles. The van der Waals surface area contributed by atoms with Crippen molar-refractivity contribution in [1.29, 1.82) is 0 Å². The standard InChI is InChI=1S/C11H12N2S2/c1-2-11-10(12-7-15-11)5-8(1)13-9-3-4-14-6-9/h1-2,5,7,9,13H,3-4,6H2. The SMILES string of the molecule is c1nc2cc(NC3CCSC3)ccc2s1. The highest BCUT2D eigenvalue weighted by atomic mass is 32.2. The van der Waals surface area contributed by atoms with Crippen LogP contribution in [0.25, 0.3) is 10.2 Å². The fourth-order valence-electron chi connectivity index (χ4n) is 1.83. The molecule has 2 aromatic rings. The van der Waals surface area contributed by atoms with Gasteiger partial charge >= 0.3 is 0 Å². The maximum atomic E-state index is 4.33. The van der Waals surface area contributed by atoms with Crippen molar-refractivity contribution in [3.63, 3.8) is 0 Å². The Morgan fingerprint density at radius 3 is 3.27 bits per heavy atom. The summed E-state index contributed by atoms with van der Waals surface area (Å²) in [7, 11) is 0. The average Bonchev–Trinajstić information content (AvgIpc) is 2.87. The maximum Gasteiger partial charge on any atom is 0.0832 e. The van der Waals surface area contributed by atoms with Gasteiger partial charge in [-0.3, -0.25) is 0 Å². The van der Waals surface area contributed by atoms with Crippen molar-refractivity contribution in [1.82, 2.24) is 4.98 Å². The van der Waals surface area contributed by atoms with E-state index in [-0.39, 0.29) is 0 Å². The molecule has 0 radical (unpaired) electrons. The van der Waals surface area contributed by atoms with Crippen molar-refractivity contribution < 1.29 is 0 Å². The van der Waals surface area contributed by atoms with Gasteiger partial charge in [0.15, 0.2) is 0 Å². The lowest BCUT2D eigenvalue weighted by Gasteiger charge is -2.12. The number of anilines is 1. The van der Waals surface area contributed by atoms with Gasteiger partial charge in [-0.15, -0.1) is 11.3 Å². The van der Waals surface area contributed by atoms with E-state index < -0.39 is 0 Å². The zero-order valence-electron chi connectivity index (χ0n) is 8.27. The van der Waals surface area contributed by atoms with Crippen molar-refractivity contribution in [2.75, 3.05) is 16.8 Å². The van der Waals surface area contributed by atoms with Crippen LogP contribution in [0.3, 0.4) is 0 Å². The number of nitrogens with one attached hydrogen (secondary N) is 1. The lowest BCUT2D eigenvalue weighted by Crippen LogP contribution is -2.17. The van der Waals surface area contributed by atoms with Gasteiger partial charge in [0, 0.05) is 17.5 Å². The van der Waals surface area contributed by atoms with E-state index in [1.807, 2.05) is 17.3 Å². The zero-order valence-corrected chi connectivity index (χ0v) is 9.90. The number of hydrogen-bond acceptors (Lipinski definition) is 4. The number of benzene rings is 1. The first-order valence-electron chi connectivity index (χ1n) is 5.09. The summed E-state index contributed by atoms with van der Waals surface area (Å²) in [5.41, 5.74) is 4.22. The zero-order chi connectivity index (χ0) is 10.1. The van der Waals surface area contributed by atoms with Gasteiger partial charge in [-0.25, -0.2) is 4.98 Å². The first kappa shape index (κ1) is 9.48. The Kier molecular flexibility index (Phi) is 2.54. The number of thioether (sulfide) groups is 1. The monoisotopic (exact) mass is 236 g/mol. The van der Waals surface area contributed by atoms with Crippen LogP contribution in [-0.2, 0) is 0 Å². The van der Waals surface area contributed by atoms with Crippen LogP contribution in [0.1, 0.15) is 6.42 Å². The van der Waals surface area contributed by atoms with E-state index in [4.69, 9.17) is 0 Å². The summed E-state index contributed by atoms with van der Waals surface area (Å²) in [6.07, 6.45) is 1.28. The molecule has 4 heteroatoms. The summed E-state index contributed by atoms with van der Waals surface area (Å²) in [5.74, 6) is 2.52. The highest BCUT2D eigenvalue weighted by Crippen LogP contribution is 2.25. The second kappa shape index (κ2) is 4.02. The summed E-state index contributed by atoms with van der Waals surface area (Å²) < 4.78 is 1.27. The van der Waals surface area contributed by atoms with Crippen molar-refractivity contribution in [2.45, 2.75) is 12.5 Å². The molecule has 3 rings (SSSR count). The van der Waals surface area contributed by atoms with Gasteiger partial charge in [0.25, 0.3) is 0 Å². The topological polar surface area (TPSA) is 24.9 Å². The molecular formula is C11H12N2S2. The Bertz CT molecular complexity index is 460. The molecule has 1 N–H and O–H groups in total. The number of hydrogen-bond donors (Lipinski definition) is 1. The van der Waals surface area contributed by atoms with Crippen LogP contribution in [0.2, 0.25) is 0 Å². The third-order valence-corrected chi connectivity index (χ3v) is 4.60. The van der Waals surface area contributed by atoms with Gasteiger partial charge in [-0.2, -0.15) is 11.8 Å². The highest BCUT2D eigenvalue weighted by Gasteiger charge is 2.14. The second-order valence-corrected chi connectivity index (χ2v) is 5.78. The molecule has 1 atom stereocenters. The number of thiazole rings is 1. The first-order chi connectivity index (χ1) is 7.42. The van der Waals surface area contributed by atoms with E-state index >= 15 is 0 Å². The molecule has 1 aromatic heterocycles. The summed E-state index contributed by atoms with van der Waals surface area (Å²) in [6, 6.07) is 7.10. The van der Waals surface area contributed by atoms with Gasteiger partial charge < -0.3 is 5.32 Å². The maximum absolute atomic E-state index is 4.33. The molecule has 1 aliphatic rings. The minimum atomic E-state index is 0.645. The van der Waals surface area contributed by atoms with Crippen LogP contribution in [0, 0.1) is 0 Å². The summed E-state index contributed by atoms with van der Waals surface area (Å²) in [6.45, 7) is 0. The molecule has 0 bridgehead atoms. The third kappa shape index (κ3) is 1.96. The van der Waals surface area contributed by atoms with Crippen LogP contribution in [0.15, 0.2) is 23.7 Å². The molecule has 1 unspecified atom stereocenters. The Labute approximate surface area is 97.1 Å². The van der Waals surface area contributed by atoms with Gasteiger partial charge in [0.2, 0.25) is 0 Å². The molecule has 1 saturated heterocycles. The van der Waals surface area contributed by atoms with E-state index in [9.17, 15) is 0 Å². The minimum Gasteiger partial charge on any atom is -0.381 e. The van der Waals surface area contributed by atoms with Gasteiger partial charge in [0.05, 0.1) is 15.7 Å². The number of aromatic nitrogens is 1. The van der Waals surface area contributed by atoms with E-state index in [0.29, 0.717) is 6.04 Å². The normalized spacial score (nSPS) is 20.9. The smallest absolute Gasteiger partial charge is 0.0832 e. The molecule has 15 heavy (non-hydrogen) atoms. The molecule has 2 heterocycles. The third-order valence-electron chi connectivity index (χ3n) is 2.63. The fourth-order valence-corrected chi connectivity index (χ4v) is 3.64. The fraction of sp³-hybridized carbons (Fsp3) is 0.364. The average molecular weight is 236 g/mol. The van der Waals surface area contributed by atoms with E-state index in [1.165, 1.54) is 28.3 Å².